The van der Waals surface area contributed by atoms with Gasteiger partial charge in [0.2, 0.25) is 5.90 Å². The molecule has 0 aliphatic carbocycles. The maximum Gasteiger partial charge on any atom is 0.363 e. The highest BCUT2D eigenvalue weighted by atomic mass is 35.5. The van der Waals surface area contributed by atoms with E-state index in [0.717, 1.165) is 17.7 Å². The summed E-state index contributed by atoms with van der Waals surface area (Å²) in [5.74, 6) is -2.58. The first-order valence-electron chi connectivity index (χ1n) is 9.04. The number of cyclic esters (lactones) is 1. The van der Waals surface area contributed by atoms with Crippen LogP contribution in [0, 0.1) is 11.6 Å². The minimum Gasteiger partial charge on any atom is -0.489 e. The van der Waals surface area contributed by atoms with Gasteiger partial charge in [-0.05, 0) is 53.6 Å². The van der Waals surface area contributed by atoms with Crippen LogP contribution >= 0.6 is 23.2 Å². The number of halogens is 4. The molecule has 8 heteroatoms. The molecule has 0 unspecified atom stereocenters. The standard InChI is InChI=1S/C23H13Cl2F2NO3/c24-15-6-4-13(5-7-15)12-30-16-3-1-2-14(8-16)9-21-23(29)31-22(28-21)17-10-19(26)20(27)11-18(17)25/h1-11H,12H2/b21-9-. The molecule has 0 atom stereocenters. The van der Waals surface area contributed by atoms with Crippen molar-refractivity contribution >= 4 is 41.1 Å². The number of nitrogens with zero attached hydrogens (tertiary/aromatic N) is 1. The van der Waals surface area contributed by atoms with Crippen molar-refractivity contribution in [3.05, 3.63) is 105 Å². The van der Waals surface area contributed by atoms with Gasteiger partial charge in [0.1, 0.15) is 12.4 Å². The summed E-state index contributed by atoms with van der Waals surface area (Å²) in [4.78, 5) is 16.3. The molecule has 0 N–H and O–H groups in total. The van der Waals surface area contributed by atoms with Gasteiger partial charge in [-0.15, -0.1) is 0 Å². The zero-order valence-corrected chi connectivity index (χ0v) is 17.3. The van der Waals surface area contributed by atoms with Crippen molar-refractivity contribution in [2.24, 2.45) is 4.99 Å². The molecular weight excluding hydrogens is 447 g/mol. The van der Waals surface area contributed by atoms with E-state index in [-0.39, 0.29) is 22.2 Å². The molecule has 1 aliphatic heterocycles. The fourth-order valence-electron chi connectivity index (χ4n) is 2.81. The minimum atomic E-state index is -1.12. The number of carbonyl (C=O) groups excluding carboxylic acids is 1. The molecular formula is C23H13Cl2F2NO3. The molecule has 4 rings (SSSR count). The van der Waals surface area contributed by atoms with Crippen molar-refractivity contribution in [3.63, 3.8) is 0 Å². The van der Waals surface area contributed by atoms with Crippen LogP contribution < -0.4 is 4.74 Å². The molecule has 0 saturated carbocycles. The first-order chi connectivity index (χ1) is 14.9. The van der Waals surface area contributed by atoms with Gasteiger partial charge in [-0.2, -0.15) is 0 Å². The van der Waals surface area contributed by atoms with E-state index < -0.39 is 17.6 Å². The average molecular weight is 460 g/mol. The summed E-state index contributed by atoms with van der Waals surface area (Å²) < 4.78 is 37.7. The summed E-state index contributed by atoms with van der Waals surface area (Å²) in [6.07, 6.45) is 1.50. The Bertz CT molecular complexity index is 1220. The first-order valence-corrected chi connectivity index (χ1v) is 9.79. The molecule has 0 spiro atoms. The van der Waals surface area contributed by atoms with Gasteiger partial charge in [-0.3, -0.25) is 0 Å². The minimum absolute atomic E-state index is 0.00866. The topological polar surface area (TPSA) is 47.9 Å². The van der Waals surface area contributed by atoms with Gasteiger partial charge in [-0.1, -0.05) is 47.5 Å². The van der Waals surface area contributed by atoms with Crippen LogP contribution in [-0.4, -0.2) is 11.9 Å². The number of ether oxygens (including phenoxy) is 2. The quantitative estimate of drug-likeness (QED) is 0.259. The van der Waals surface area contributed by atoms with Gasteiger partial charge in [0, 0.05) is 5.02 Å². The zero-order chi connectivity index (χ0) is 22.0. The Labute approximate surface area is 186 Å². The van der Waals surface area contributed by atoms with Crippen molar-refractivity contribution < 1.29 is 23.0 Å². The highest BCUT2D eigenvalue weighted by Crippen LogP contribution is 2.26. The van der Waals surface area contributed by atoms with Crippen molar-refractivity contribution in [2.45, 2.75) is 6.61 Å². The molecule has 3 aromatic rings. The van der Waals surface area contributed by atoms with Crippen molar-refractivity contribution in [1.82, 2.24) is 0 Å². The van der Waals surface area contributed by atoms with Crippen molar-refractivity contribution in [1.29, 1.82) is 0 Å². The second kappa shape index (κ2) is 8.88. The number of aliphatic imine (C=N–C) groups is 1. The van der Waals surface area contributed by atoms with Crippen LogP contribution in [-0.2, 0) is 16.1 Å². The molecule has 0 amide bonds. The number of hydrogen-bond acceptors (Lipinski definition) is 4. The molecule has 0 bridgehead atoms. The number of benzene rings is 3. The Hall–Kier alpha value is -3.22. The van der Waals surface area contributed by atoms with Gasteiger partial charge in [-0.25, -0.2) is 18.6 Å². The zero-order valence-electron chi connectivity index (χ0n) is 15.7. The van der Waals surface area contributed by atoms with Crippen LogP contribution in [0.15, 0.2) is 71.4 Å². The van der Waals surface area contributed by atoms with Gasteiger partial charge >= 0.3 is 5.97 Å². The van der Waals surface area contributed by atoms with Gasteiger partial charge in [0.05, 0.1) is 10.6 Å². The second-order valence-corrected chi connectivity index (χ2v) is 7.41. The van der Waals surface area contributed by atoms with E-state index in [4.69, 9.17) is 32.7 Å². The summed E-state index contributed by atoms with van der Waals surface area (Å²) >= 11 is 11.8. The average Bonchev–Trinajstić information content (AvgIpc) is 3.10. The Morgan fingerprint density at radius 1 is 1.00 bits per heavy atom. The predicted molar refractivity (Wildman–Crippen MR) is 114 cm³/mol. The predicted octanol–water partition coefficient (Wildman–Crippen LogP) is 6.20. The smallest absolute Gasteiger partial charge is 0.363 e. The molecule has 0 fully saturated rings. The Morgan fingerprint density at radius 2 is 1.74 bits per heavy atom. The van der Waals surface area contributed by atoms with Gasteiger partial charge in [0.25, 0.3) is 0 Å². The molecule has 156 valence electrons. The number of esters is 1. The molecule has 0 radical (unpaired) electrons. The lowest BCUT2D eigenvalue weighted by atomic mass is 10.2. The maximum atomic E-state index is 13.5. The highest BCUT2D eigenvalue weighted by Gasteiger charge is 2.26. The summed E-state index contributed by atoms with van der Waals surface area (Å²) in [7, 11) is 0. The molecule has 1 heterocycles. The third kappa shape index (κ3) is 4.93. The van der Waals surface area contributed by atoms with Crippen LogP contribution in [0.2, 0.25) is 10.0 Å². The Kier molecular flexibility index (Phi) is 6.02. The van der Waals surface area contributed by atoms with E-state index in [1.165, 1.54) is 6.08 Å². The highest BCUT2D eigenvalue weighted by molar-refractivity contribution is 6.34. The first kappa shape index (κ1) is 21.0. The number of hydrogen-bond donors (Lipinski definition) is 0. The third-order valence-electron chi connectivity index (χ3n) is 4.34. The number of carbonyl (C=O) groups is 1. The lowest BCUT2D eigenvalue weighted by Crippen LogP contribution is -2.07. The lowest BCUT2D eigenvalue weighted by molar-refractivity contribution is -0.129. The second-order valence-electron chi connectivity index (χ2n) is 6.57. The summed E-state index contributed by atoms with van der Waals surface area (Å²) in [6.45, 7) is 0.343. The van der Waals surface area contributed by atoms with Crippen molar-refractivity contribution in [2.75, 3.05) is 0 Å². The van der Waals surface area contributed by atoms with E-state index >= 15 is 0 Å². The Balaban J connectivity index is 1.54. The van der Waals surface area contributed by atoms with E-state index in [2.05, 4.69) is 4.99 Å². The molecule has 0 aromatic heterocycles. The van der Waals surface area contributed by atoms with E-state index in [1.54, 1.807) is 36.4 Å². The summed E-state index contributed by atoms with van der Waals surface area (Å²) in [5.41, 5.74) is 1.56. The largest absolute Gasteiger partial charge is 0.489 e. The SMILES string of the molecule is O=C1OC(c2cc(F)c(F)cc2Cl)=N/C1=C\c1cccc(OCc2ccc(Cl)cc2)c1. The van der Waals surface area contributed by atoms with Gasteiger partial charge < -0.3 is 9.47 Å². The normalized spacial score (nSPS) is 14.5. The van der Waals surface area contributed by atoms with Crippen LogP contribution in [0.3, 0.4) is 0 Å². The maximum absolute atomic E-state index is 13.5. The number of rotatable bonds is 5. The van der Waals surface area contributed by atoms with Crippen LogP contribution in [0.4, 0.5) is 8.78 Å². The molecule has 3 aromatic carbocycles. The van der Waals surface area contributed by atoms with Crippen LogP contribution in [0.1, 0.15) is 16.7 Å². The van der Waals surface area contributed by atoms with Crippen molar-refractivity contribution in [3.8, 4) is 5.75 Å². The molecule has 0 saturated heterocycles. The van der Waals surface area contributed by atoms with Gasteiger partial charge in [0.15, 0.2) is 17.3 Å². The lowest BCUT2D eigenvalue weighted by Gasteiger charge is -2.07. The molecule has 31 heavy (non-hydrogen) atoms. The molecule has 1 aliphatic rings. The fraction of sp³-hybridized carbons (Fsp3) is 0.0435. The summed E-state index contributed by atoms with van der Waals surface area (Å²) in [6, 6.07) is 15.9. The van der Waals surface area contributed by atoms with E-state index in [0.29, 0.717) is 22.9 Å². The Morgan fingerprint density at radius 3 is 2.52 bits per heavy atom. The third-order valence-corrected chi connectivity index (χ3v) is 4.91. The van der Waals surface area contributed by atoms with E-state index in [9.17, 15) is 13.6 Å². The van der Waals surface area contributed by atoms with Crippen LogP contribution in [0.25, 0.3) is 6.08 Å². The van der Waals surface area contributed by atoms with E-state index in [1.807, 2.05) is 12.1 Å². The fourth-order valence-corrected chi connectivity index (χ4v) is 3.17. The monoisotopic (exact) mass is 459 g/mol. The molecule has 4 nitrogen and oxygen atoms in total. The summed E-state index contributed by atoms with van der Waals surface area (Å²) in [5, 5.41) is 0.523. The van der Waals surface area contributed by atoms with Crippen LogP contribution in [0.5, 0.6) is 5.75 Å².